The summed E-state index contributed by atoms with van der Waals surface area (Å²) in [7, 11) is 0. The van der Waals surface area contributed by atoms with E-state index in [4.69, 9.17) is 4.42 Å². The summed E-state index contributed by atoms with van der Waals surface area (Å²) in [6.07, 6.45) is 1.55. The monoisotopic (exact) mass is 217 g/mol. The predicted octanol–water partition coefficient (Wildman–Crippen LogP) is 0.273. The Morgan fingerprint density at radius 1 is 1.38 bits per heavy atom. The molecule has 0 aliphatic carbocycles. The zero-order chi connectivity index (χ0) is 11.1. The third-order valence-corrected chi connectivity index (χ3v) is 2.48. The molecular formula is C10H7N3O3. The van der Waals surface area contributed by atoms with Crippen LogP contribution in [0.4, 0.5) is 0 Å². The van der Waals surface area contributed by atoms with Gasteiger partial charge in [0.1, 0.15) is 5.69 Å². The molecular weight excluding hydrogens is 210 g/mol. The molecule has 3 heterocycles. The summed E-state index contributed by atoms with van der Waals surface area (Å²) < 4.78 is 5.09. The normalized spacial score (nSPS) is 13.6. The molecule has 1 amide bonds. The van der Waals surface area contributed by atoms with Crippen LogP contribution in [-0.2, 0) is 6.54 Å². The predicted molar refractivity (Wildman–Crippen MR) is 53.7 cm³/mol. The van der Waals surface area contributed by atoms with Crippen LogP contribution < -0.4 is 10.9 Å². The Bertz CT molecular complexity index is 613. The lowest BCUT2D eigenvalue weighted by Gasteiger charge is -2.01. The van der Waals surface area contributed by atoms with Crippen molar-refractivity contribution in [3.63, 3.8) is 0 Å². The molecule has 2 aromatic heterocycles. The van der Waals surface area contributed by atoms with Gasteiger partial charge in [0.25, 0.3) is 5.91 Å². The topological polar surface area (TPSA) is 88.0 Å². The average molecular weight is 217 g/mol. The molecule has 0 aromatic carbocycles. The van der Waals surface area contributed by atoms with E-state index in [2.05, 4.69) is 15.5 Å². The number of rotatable bonds is 1. The van der Waals surface area contributed by atoms with Gasteiger partial charge >= 0.3 is 5.63 Å². The Morgan fingerprint density at radius 3 is 3.00 bits per heavy atom. The SMILES string of the molecule is O=C1NCc2c1cc(=O)oc2-c1ccn[nH]1. The lowest BCUT2D eigenvalue weighted by molar-refractivity contribution is 0.0965. The van der Waals surface area contributed by atoms with Gasteiger partial charge in [-0.2, -0.15) is 5.10 Å². The number of hydrogen-bond acceptors (Lipinski definition) is 4. The Balaban J connectivity index is 2.31. The largest absolute Gasteiger partial charge is 0.421 e. The highest BCUT2D eigenvalue weighted by Crippen LogP contribution is 2.25. The lowest BCUT2D eigenvalue weighted by Crippen LogP contribution is -2.13. The molecule has 0 saturated carbocycles. The summed E-state index contributed by atoms with van der Waals surface area (Å²) in [5.74, 6) is 0.127. The van der Waals surface area contributed by atoms with Crippen molar-refractivity contribution in [2.75, 3.05) is 0 Å². The first-order valence-electron chi connectivity index (χ1n) is 4.70. The van der Waals surface area contributed by atoms with Crippen LogP contribution in [0.3, 0.4) is 0 Å². The minimum atomic E-state index is -0.541. The molecule has 0 fully saturated rings. The van der Waals surface area contributed by atoms with E-state index in [1.165, 1.54) is 6.07 Å². The number of carbonyl (C=O) groups is 1. The van der Waals surface area contributed by atoms with Crippen LogP contribution in [0, 0.1) is 0 Å². The second kappa shape index (κ2) is 3.06. The van der Waals surface area contributed by atoms with Gasteiger partial charge in [-0.15, -0.1) is 0 Å². The van der Waals surface area contributed by atoms with E-state index in [-0.39, 0.29) is 5.91 Å². The highest BCUT2D eigenvalue weighted by atomic mass is 16.4. The number of carbonyl (C=O) groups excluding carboxylic acids is 1. The second-order valence-corrected chi connectivity index (χ2v) is 3.44. The van der Waals surface area contributed by atoms with Crippen molar-refractivity contribution in [3.8, 4) is 11.5 Å². The van der Waals surface area contributed by atoms with Crippen LogP contribution in [0.5, 0.6) is 0 Å². The van der Waals surface area contributed by atoms with Gasteiger partial charge in [-0.05, 0) is 6.07 Å². The molecule has 16 heavy (non-hydrogen) atoms. The number of nitrogens with zero attached hydrogens (tertiary/aromatic N) is 1. The van der Waals surface area contributed by atoms with Crippen LogP contribution in [0.25, 0.3) is 11.5 Å². The van der Waals surface area contributed by atoms with Crippen molar-refractivity contribution >= 4 is 5.91 Å². The minimum absolute atomic E-state index is 0.247. The fourth-order valence-electron chi connectivity index (χ4n) is 1.76. The Kier molecular flexibility index (Phi) is 1.70. The van der Waals surface area contributed by atoms with Crippen LogP contribution in [0.1, 0.15) is 15.9 Å². The van der Waals surface area contributed by atoms with Crippen molar-refractivity contribution in [2.45, 2.75) is 6.54 Å². The smallest absolute Gasteiger partial charge is 0.337 e. The summed E-state index contributed by atoms with van der Waals surface area (Å²) >= 11 is 0. The molecule has 0 radical (unpaired) electrons. The number of hydrogen-bond donors (Lipinski definition) is 2. The molecule has 0 bridgehead atoms. The maximum Gasteiger partial charge on any atom is 0.337 e. The van der Waals surface area contributed by atoms with Gasteiger partial charge < -0.3 is 9.73 Å². The number of fused-ring (bicyclic) bond motifs is 1. The van der Waals surface area contributed by atoms with Crippen molar-refractivity contribution < 1.29 is 9.21 Å². The van der Waals surface area contributed by atoms with Crippen LogP contribution >= 0.6 is 0 Å². The molecule has 3 rings (SSSR count). The molecule has 0 spiro atoms. The van der Waals surface area contributed by atoms with Crippen molar-refractivity contribution in [3.05, 3.63) is 39.9 Å². The molecule has 2 N–H and O–H groups in total. The summed E-state index contributed by atoms with van der Waals surface area (Å²) in [6.45, 7) is 0.367. The summed E-state index contributed by atoms with van der Waals surface area (Å²) in [5.41, 5.74) is 1.11. The third kappa shape index (κ3) is 1.16. The molecule has 6 nitrogen and oxygen atoms in total. The minimum Gasteiger partial charge on any atom is -0.421 e. The maximum atomic E-state index is 11.4. The second-order valence-electron chi connectivity index (χ2n) is 3.44. The number of amides is 1. The number of aromatic nitrogens is 2. The number of aromatic amines is 1. The van der Waals surface area contributed by atoms with Crippen LogP contribution in [-0.4, -0.2) is 16.1 Å². The zero-order valence-corrected chi connectivity index (χ0v) is 8.11. The number of nitrogens with one attached hydrogen (secondary N) is 2. The average Bonchev–Trinajstić information content (AvgIpc) is 2.88. The van der Waals surface area contributed by atoms with E-state index in [9.17, 15) is 9.59 Å². The quantitative estimate of drug-likeness (QED) is 0.717. The summed E-state index contributed by atoms with van der Waals surface area (Å²) in [4.78, 5) is 22.7. The highest BCUT2D eigenvalue weighted by molar-refractivity contribution is 5.99. The van der Waals surface area contributed by atoms with E-state index in [0.717, 1.165) is 0 Å². The summed E-state index contributed by atoms with van der Waals surface area (Å²) in [5, 5.41) is 9.13. The van der Waals surface area contributed by atoms with Gasteiger partial charge in [-0.25, -0.2) is 4.79 Å². The lowest BCUT2D eigenvalue weighted by atomic mass is 10.1. The molecule has 1 aliphatic rings. The Morgan fingerprint density at radius 2 is 2.25 bits per heavy atom. The summed E-state index contributed by atoms with van der Waals surface area (Å²) in [6, 6.07) is 2.89. The van der Waals surface area contributed by atoms with E-state index < -0.39 is 5.63 Å². The van der Waals surface area contributed by atoms with Gasteiger partial charge in [0.05, 0.1) is 5.56 Å². The third-order valence-electron chi connectivity index (χ3n) is 2.48. The fraction of sp³-hybridized carbons (Fsp3) is 0.100. The van der Waals surface area contributed by atoms with Gasteiger partial charge in [-0.1, -0.05) is 0 Å². The van der Waals surface area contributed by atoms with Gasteiger partial charge in [-0.3, -0.25) is 9.89 Å². The van der Waals surface area contributed by atoms with Crippen molar-refractivity contribution in [1.29, 1.82) is 0 Å². The molecule has 80 valence electrons. The zero-order valence-electron chi connectivity index (χ0n) is 8.11. The molecule has 2 aromatic rings. The van der Waals surface area contributed by atoms with E-state index in [1.54, 1.807) is 12.3 Å². The van der Waals surface area contributed by atoms with Gasteiger partial charge in [0, 0.05) is 24.4 Å². The van der Waals surface area contributed by atoms with E-state index in [0.29, 0.717) is 29.1 Å². The number of H-pyrrole nitrogens is 1. The highest BCUT2D eigenvalue weighted by Gasteiger charge is 2.25. The first-order chi connectivity index (χ1) is 7.75. The van der Waals surface area contributed by atoms with Crippen molar-refractivity contribution in [2.24, 2.45) is 0 Å². The molecule has 6 heteroatoms. The first kappa shape index (κ1) is 8.90. The first-order valence-corrected chi connectivity index (χ1v) is 4.70. The fourth-order valence-corrected chi connectivity index (χ4v) is 1.76. The molecule has 0 atom stereocenters. The van der Waals surface area contributed by atoms with Crippen LogP contribution in [0.15, 0.2) is 27.5 Å². The maximum absolute atomic E-state index is 11.4. The molecule has 1 aliphatic heterocycles. The standard InChI is InChI=1S/C10H7N3O3/c14-8-3-5-6(4-11-10(5)15)9(16-8)7-1-2-12-13-7/h1-3H,4H2,(H,11,15)(H,12,13). The van der Waals surface area contributed by atoms with E-state index >= 15 is 0 Å². The Labute approximate surface area is 89.3 Å². The van der Waals surface area contributed by atoms with Gasteiger partial charge in [0.15, 0.2) is 5.76 Å². The van der Waals surface area contributed by atoms with E-state index in [1.807, 2.05) is 0 Å². The van der Waals surface area contributed by atoms with Crippen LogP contribution in [0.2, 0.25) is 0 Å². The van der Waals surface area contributed by atoms with Crippen molar-refractivity contribution in [1.82, 2.24) is 15.5 Å². The van der Waals surface area contributed by atoms with Gasteiger partial charge in [0.2, 0.25) is 0 Å². The molecule has 0 unspecified atom stereocenters. The Hall–Kier alpha value is -2.37. The molecule has 0 saturated heterocycles.